The number of carboxylic acid groups (broad SMARTS) is 2. The molecular formula is C36H70O4. The Hall–Kier alpha value is -1.06. The first-order valence-corrected chi connectivity index (χ1v) is 17.6. The third-order valence-electron chi connectivity index (χ3n) is 8.87. The number of unbranched alkanes of at least 4 members (excludes halogenated alkanes) is 18. The van der Waals surface area contributed by atoms with Crippen LogP contribution in [0.1, 0.15) is 201 Å². The highest BCUT2D eigenvalue weighted by Gasteiger charge is 2.36. The summed E-state index contributed by atoms with van der Waals surface area (Å²) in [6.07, 6.45) is 30.3. The minimum atomic E-state index is -0.820. The highest BCUT2D eigenvalue weighted by Crippen LogP contribution is 2.37. The Bertz CT molecular complexity index is 551. The standard InChI is InChI=1S/C36H70O4/c1-32(2)26-21-17-13-9-5-7-11-15-19-23-29-36(35(39)40,31-25-28-34(37)38)30-24-20-16-12-8-6-10-14-18-22-27-33(3)4/h32-33H,5-31H2,1-4H3,(H,37,38)(H,39,40). The topological polar surface area (TPSA) is 74.6 Å². The molecule has 0 aliphatic carbocycles. The highest BCUT2D eigenvalue weighted by molar-refractivity contribution is 5.74. The van der Waals surface area contributed by atoms with Crippen molar-refractivity contribution in [1.82, 2.24) is 0 Å². The Kier molecular flexibility index (Phi) is 26.1. The van der Waals surface area contributed by atoms with Gasteiger partial charge < -0.3 is 10.2 Å². The van der Waals surface area contributed by atoms with Crippen LogP contribution in [0.4, 0.5) is 0 Å². The highest BCUT2D eigenvalue weighted by atomic mass is 16.4. The predicted molar refractivity (Wildman–Crippen MR) is 172 cm³/mol. The van der Waals surface area contributed by atoms with Gasteiger partial charge in [0.25, 0.3) is 0 Å². The molecular weight excluding hydrogens is 496 g/mol. The number of carbonyl (C=O) groups is 2. The van der Waals surface area contributed by atoms with Crippen molar-refractivity contribution in [3.63, 3.8) is 0 Å². The smallest absolute Gasteiger partial charge is 0.309 e. The zero-order chi connectivity index (χ0) is 29.9. The largest absolute Gasteiger partial charge is 0.481 e. The first-order chi connectivity index (χ1) is 19.2. The Balaban J connectivity index is 4.18. The zero-order valence-corrected chi connectivity index (χ0v) is 27.5. The van der Waals surface area contributed by atoms with Crippen LogP contribution in [0.2, 0.25) is 0 Å². The first kappa shape index (κ1) is 38.9. The second-order valence-electron chi connectivity index (χ2n) is 13.8. The number of hydrogen-bond acceptors (Lipinski definition) is 2. The molecule has 0 aromatic carbocycles. The molecule has 0 saturated carbocycles. The van der Waals surface area contributed by atoms with E-state index in [4.69, 9.17) is 5.11 Å². The average Bonchev–Trinajstić information content (AvgIpc) is 2.88. The van der Waals surface area contributed by atoms with E-state index >= 15 is 0 Å². The van der Waals surface area contributed by atoms with Crippen LogP contribution in [-0.2, 0) is 9.59 Å². The number of carboxylic acids is 2. The van der Waals surface area contributed by atoms with Crippen LogP contribution < -0.4 is 0 Å². The first-order valence-electron chi connectivity index (χ1n) is 17.6. The second-order valence-corrected chi connectivity index (χ2v) is 13.8. The second kappa shape index (κ2) is 26.8. The normalized spacial score (nSPS) is 12.1. The Morgan fingerprint density at radius 2 is 0.725 bits per heavy atom. The van der Waals surface area contributed by atoms with Crippen LogP contribution in [-0.4, -0.2) is 22.2 Å². The molecule has 0 saturated heterocycles. The number of aliphatic carboxylic acids is 2. The monoisotopic (exact) mass is 567 g/mol. The summed E-state index contributed by atoms with van der Waals surface area (Å²) in [4.78, 5) is 23.5. The molecule has 0 radical (unpaired) electrons. The van der Waals surface area contributed by atoms with Gasteiger partial charge in [-0.3, -0.25) is 9.59 Å². The predicted octanol–water partition coefficient (Wildman–Crippen LogP) is 12.0. The summed E-state index contributed by atoms with van der Waals surface area (Å²) >= 11 is 0. The van der Waals surface area contributed by atoms with Gasteiger partial charge in [-0.15, -0.1) is 0 Å². The molecule has 0 aliphatic rings. The molecule has 0 atom stereocenters. The fourth-order valence-corrected chi connectivity index (χ4v) is 6.13. The van der Waals surface area contributed by atoms with Crippen LogP contribution in [0, 0.1) is 17.3 Å². The van der Waals surface area contributed by atoms with E-state index in [1.807, 2.05) is 0 Å². The van der Waals surface area contributed by atoms with Gasteiger partial charge in [0.1, 0.15) is 0 Å². The molecule has 0 bridgehead atoms. The molecule has 0 amide bonds. The van der Waals surface area contributed by atoms with E-state index in [2.05, 4.69) is 27.7 Å². The molecule has 0 rings (SSSR count). The van der Waals surface area contributed by atoms with E-state index in [9.17, 15) is 14.7 Å². The van der Waals surface area contributed by atoms with Crippen LogP contribution in [0.25, 0.3) is 0 Å². The Morgan fingerprint density at radius 3 is 1.00 bits per heavy atom. The van der Waals surface area contributed by atoms with Crippen molar-refractivity contribution >= 4 is 11.9 Å². The van der Waals surface area contributed by atoms with Gasteiger partial charge in [-0.25, -0.2) is 0 Å². The van der Waals surface area contributed by atoms with E-state index < -0.39 is 17.4 Å². The van der Waals surface area contributed by atoms with Gasteiger partial charge in [0.05, 0.1) is 5.41 Å². The number of rotatable bonds is 31. The molecule has 0 aliphatic heterocycles. The van der Waals surface area contributed by atoms with E-state index in [1.54, 1.807) is 0 Å². The third-order valence-corrected chi connectivity index (χ3v) is 8.87. The van der Waals surface area contributed by atoms with Crippen LogP contribution in [0.15, 0.2) is 0 Å². The zero-order valence-electron chi connectivity index (χ0n) is 27.5. The Morgan fingerprint density at radius 1 is 0.450 bits per heavy atom. The van der Waals surface area contributed by atoms with Crippen molar-refractivity contribution in [3.05, 3.63) is 0 Å². The van der Waals surface area contributed by atoms with Crippen molar-refractivity contribution in [1.29, 1.82) is 0 Å². The van der Waals surface area contributed by atoms with E-state index in [0.717, 1.165) is 37.5 Å². The maximum atomic E-state index is 12.5. The molecule has 0 aromatic heterocycles. The van der Waals surface area contributed by atoms with Crippen molar-refractivity contribution < 1.29 is 19.8 Å². The maximum Gasteiger partial charge on any atom is 0.309 e. The Labute approximate surface area is 249 Å². The summed E-state index contributed by atoms with van der Waals surface area (Å²) in [5, 5.41) is 19.3. The summed E-state index contributed by atoms with van der Waals surface area (Å²) in [6, 6.07) is 0. The SMILES string of the molecule is CC(C)CCCCCCCCCCCCC(CCCCCCCCCCCCC(C)C)(CCCC(=O)O)C(=O)O. The molecule has 0 unspecified atom stereocenters. The third kappa shape index (κ3) is 24.7. The fourth-order valence-electron chi connectivity index (χ4n) is 6.13. The van der Waals surface area contributed by atoms with Gasteiger partial charge in [-0.05, 0) is 37.5 Å². The van der Waals surface area contributed by atoms with Crippen molar-refractivity contribution in [2.45, 2.75) is 201 Å². The summed E-state index contributed by atoms with van der Waals surface area (Å²) in [5.41, 5.74) is -0.735. The maximum absolute atomic E-state index is 12.5. The van der Waals surface area contributed by atoms with Crippen molar-refractivity contribution in [2.24, 2.45) is 17.3 Å². The molecule has 2 N–H and O–H groups in total. The van der Waals surface area contributed by atoms with Gasteiger partial charge in [0, 0.05) is 6.42 Å². The summed E-state index contributed by atoms with van der Waals surface area (Å²) < 4.78 is 0. The lowest BCUT2D eigenvalue weighted by Crippen LogP contribution is -2.31. The van der Waals surface area contributed by atoms with Crippen LogP contribution in [0.3, 0.4) is 0 Å². The van der Waals surface area contributed by atoms with E-state index in [1.165, 1.54) is 116 Å². The summed E-state index contributed by atoms with van der Waals surface area (Å²) in [5.74, 6) is 0.128. The minimum Gasteiger partial charge on any atom is -0.481 e. The van der Waals surface area contributed by atoms with Crippen molar-refractivity contribution in [3.8, 4) is 0 Å². The van der Waals surface area contributed by atoms with Gasteiger partial charge in [-0.1, -0.05) is 169 Å². The van der Waals surface area contributed by atoms with Crippen molar-refractivity contribution in [2.75, 3.05) is 0 Å². The van der Waals surface area contributed by atoms with E-state index in [0.29, 0.717) is 25.7 Å². The van der Waals surface area contributed by atoms with Gasteiger partial charge in [0.15, 0.2) is 0 Å². The average molecular weight is 567 g/mol. The van der Waals surface area contributed by atoms with Crippen LogP contribution >= 0.6 is 0 Å². The van der Waals surface area contributed by atoms with Gasteiger partial charge in [0.2, 0.25) is 0 Å². The molecule has 0 aromatic rings. The van der Waals surface area contributed by atoms with Gasteiger partial charge >= 0.3 is 11.9 Å². The molecule has 0 heterocycles. The molecule has 0 fully saturated rings. The molecule has 4 heteroatoms. The lowest BCUT2D eigenvalue weighted by molar-refractivity contribution is -0.151. The number of hydrogen-bond donors (Lipinski definition) is 2. The molecule has 0 spiro atoms. The molecule has 40 heavy (non-hydrogen) atoms. The lowest BCUT2D eigenvalue weighted by Gasteiger charge is -2.30. The molecule has 238 valence electrons. The van der Waals surface area contributed by atoms with Crippen LogP contribution in [0.5, 0.6) is 0 Å². The summed E-state index contributed by atoms with van der Waals surface area (Å²) in [7, 11) is 0. The minimum absolute atomic E-state index is 0.0734. The summed E-state index contributed by atoms with van der Waals surface area (Å²) in [6.45, 7) is 9.21. The lowest BCUT2D eigenvalue weighted by atomic mass is 9.74. The fraction of sp³-hybridized carbons (Fsp3) is 0.944. The van der Waals surface area contributed by atoms with Gasteiger partial charge in [-0.2, -0.15) is 0 Å². The van der Waals surface area contributed by atoms with E-state index in [-0.39, 0.29) is 6.42 Å². The molecule has 4 nitrogen and oxygen atoms in total. The quantitative estimate of drug-likeness (QED) is 0.0818.